The zero-order chi connectivity index (χ0) is 20.6. The number of hydrogen-bond donors (Lipinski definition) is 0. The van der Waals surface area contributed by atoms with Gasteiger partial charge in [-0.2, -0.15) is 0 Å². The molecule has 0 aromatic rings. The molecule has 2 rings (SSSR count). The van der Waals surface area contributed by atoms with Gasteiger partial charge in [-0.05, 0) is 57.4 Å². The van der Waals surface area contributed by atoms with Crippen molar-refractivity contribution in [3.63, 3.8) is 0 Å². The van der Waals surface area contributed by atoms with E-state index in [1.54, 1.807) is 12.7 Å². The first-order chi connectivity index (χ1) is 13.4. The summed E-state index contributed by atoms with van der Waals surface area (Å²) < 4.78 is 21.6. The Kier molecular flexibility index (Phi) is 8.93. The zero-order valence-electron chi connectivity index (χ0n) is 18.1. The van der Waals surface area contributed by atoms with Gasteiger partial charge in [-0.3, -0.25) is 0 Å². The van der Waals surface area contributed by atoms with Crippen LogP contribution in [-0.2, 0) is 23.7 Å². The SMILES string of the molecule is CCOC(=O)/C=C/C[C@H]1OCC(C)=C2CC[C@@](C)(C/C=C(/C)COCOC)[C@@H]21. The number of carbonyl (C=O) groups is 1. The van der Waals surface area contributed by atoms with Crippen LogP contribution in [0, 0.1) is 11.3 Å². The molecule has 0 unspecified atom stereocenters. The first kappa shape index (κ1) is 22.9. The summed E-state index contributed by atoms with van der Waals surface area (Å²) in [5.41, 5.74) is 4.32. The molecular formula is C23H36O5. The van der Waals surface area contributed by atoms with E-state index in [-0.39, 0.29) is 17.5 Å². The highest BCUT2D eigenvalue weighted by Gasteiger charge is 2.47. The van der Waals surface area contributed by atoms with E-state index in [0.29, 0.717) is 32.5 Å². The van der Waals surface area contributed by atoms with Gasteiger partial charge in [-0.15, -0.1) is 0 Å². The van der Waals surface area contributed by atoms with Gasteiger partial charge < -0.3 is 18.9 Å². The topological polar surface area (TPSA) is 54.0 Å². The van der Waals surface area contributed by atoms with E-state index >= 15 is 0 Å². The predicted octanol–water partition coefficient (Wildman–Crippen LogP) is 4.58. The Labute approximate surface area is 169 Å². The van der Waals surface area contributed by atoms with Crippen LogP contribution >= 0.6 is 0 Å². The number of carbonyl (C=O) groups excluding carboxylic acids is 1. The lowest BCUT2D eigenvalue weighted by Crippen LogP contribution is -2.38. The van der Waals surface area contributed by atoms with Gasteiger partial charge >= 0.3 is 5.97 Å². The Morgan fingerprint density at radius 2 is 2.18 bits per heavy atom. The summed E-state index contributed by atoms with van der Waals surface area (Å²) in [5, 5.41) is 0. The van der Waals surface area contributed by atoms with Gasteiger partial charge in [0.15, 0.2) is 0 Å². The third-order valence-corrected chi connectivity index (χ3v) is 5.88. The van der Waals surface area contributed by atoms with Crippen LogP contribution in [0.5, 0.6) is 0 Å². The maximum Gasteiger partial charge on any atom is 0.330 e. The second-order valence-corrected chi connectivity index (χ2v) is 8.19. The number of rotatable bonds is 10. The summed E-state index contributed by atoms with van der Waals surface area (Å²) in [6.07, 6.45) is 9.87. The lowest BCUT2D eigenvalue weighted by Gasteiger charge is -2.40. The maximum absolute atomic E-state index is 11.6. The predicted molar refractivity (Wildman–Crippen MR) is 110 cm³/mol. The average molecular weight is 393 g/mol. The molecule has 3 atom stereocenters. The van der Waals surface area contributed by atoms with Crippen molar-refractivity contribution < 1.29 is 23.7 Å². The van der Waals surface area contributed by atoms with Gasteiger partial charge in [0.25, 0.3) is 0 Å². The van der Waals surface area contributed by atoms with E-state index in [1.165, 1.54) is 17.2 Å². The average Bonchev–Trinajstić information content (AvgIpc) is 3.02. The van der Waals surface area contributed by atoms with Gasteiger partial charge in [-0.25, -0.2) is 4.79 Å². The fraction of sp³-hybridized carbons (Fsp3) is 0.696. The van der Waals surface area contributed by atoms with E-state index in [4.69, 9.17) is 18.9 Å². The third-order valence-electron chi connectivity index (χ3n) is 5.88. The molecule has 1 heterocycles. The van der Waals surface area contributed by atoms with Crippen LogP contribution in [0.4, 0.5) is 0 Å². The van der Waals surface area contributed by atoms with Crippen LogP contribution in [0.15, 0.2) is 34.9 Å². The summed E-state index contributed by atoms with van der Waals surface area (Å²) in [6, 6.07) is 0. The lowest BCUT2D eigenvalue weighted by molar-refractivity contribution is -0.137. The second kappa shape index (κ2) is 10.9. The van der Waals surface area contributed by atoms with E-state index in [9.17, 15) is 4.79 Å². The van der Waals surface area contributed by atoms with Gasteiger partial charge in [0, 0.05) is 19.1 Å². The van der Waals surface area contributed by atoms with Crippen LogP contribution in [0.25, 0.3) is 0 Å². The van der Waals surface area contributed by atoms with Crippen LogP contribution in [0.1, 0.15) is 53.4 Å². The molecule has 0 N–H and O–H groups in total. The first-order valence-electron chi connectivity index (χ1n) is 10.3. The largest absolute Gasteiger partial charge is 0.463 e. The second-order valence-electron chi connectivity index (χ2n) is 8.19. The van der Waals surface area contributed by atoms with Crippen LogP contribution in [0.2, 0.25) is 0 Å². The molecule has 28 heavy (non-hydrogen) atoms. The molecule has 1 fully saturated rings. The van der Waals surface area contributed by atoms with Crippen molar-refractivity contribution in [3.05, 3.63) is 34.9 Å². The fourth-order valence-corrected chi connectivity index (χ4v) is 4.40. The minimum Gasteiger partial charge on any atom is -0.463 e. The Morgan fingerprint density at radius 1 is 1.39 bits per heavy atom. The fourth-order valence-electron chi connectivity index (χ4n) is 4.40. The van der Waals surface area contributed by atoms with E-state index in [0.717, 1.165) is 25.7 Å². The molecule has 1 saturated carbocycles. The van der Waals surface area contributed by atoms with E-state index in [2.05, 4.69) is 26.8 Å². The number of esters is 1. The molecule has 5 nitrogen and oxygen atoms in total. The molecule has 0 amide bonds. The van der Waals surface area contributed by atoms with Crippen molar-refractivity contribution >= 4 is 5.97 Å². The molecule has 0 radical (unpaired) electrons. The molecular weight excluding hydrogens is 356 g/mol. The minimum atomic E-state index is -0.283. The van der Waals surface area contributed by atoms with Crippen molar-refractivity contribution in [2.75, 3.05) is 33.7 Å². The molecule has 5 heteroatoms. The van der Waals surface area contributed by atoms with Crippen molar-refractivity contribution in [2.24, 2.45) is 11.3 Å². The Morgan fingerprint density at radius 3 is 2.89 bits per heavy atom. The minimum absolute atomic E-state index is 0.107. The smallest absolute Gasteiger partial charge is 0.330 e. The third kappa shape index (κ3) is 6.03. The lowest BCUT2D eigenvalue weighted by atomic mass is 9.71. The molecule has 1 aliphatic carbocycles. The molecule has 2 aliphatic rings. The van der Waals surface area contributed by atoms with Gasteiger partial charge in [-0.1, -0.05) is 30.2 Å². The van der Waals surface area contributed by atoms with Crippen LogP contribution in [-0.4, -0.2) is 45.8 Å². The Bertz CT molecular complexity index is 618. The molecule has 0 aromatic heterocycles. The van der Waals surface area contributed by atoms with Crippen molar-refractivity contribution in [1.29, 1.82) is 0 Å². The Balaban J connectivity index is 2.07. The van der Waals surface area contributed by atoms with Gasteiger partial charge in [0.1, 0.15) is 6.79 Å². The molecule has 1 aliphatic heterocycles. The zero-order valence-corrected chi connectivity index (χ0v) is 18.1. The van der Waals surface area contributed by atoms with Gasteiger partial charge in [0.05, 0.1) is 25.9 Å². The van der Waals surface area contributed by atoms with Crippen molar-refractivity contribution in [3.8, 4) is 0 Å². The standard InChI is InChI=1S/C23H36O5/c1-6-27-21(24)9-7-8-20-22-19(18(3)15-28-20)11-13-23(22,4)12-10-17(2)14-26-16-25-5/h7,9-10,20,22H,6,8,11-16H2,1-5H3/b9-7+,17-10-/t20-,22+,23-/m1/s1. The normalized spacial score (nSPS) is 28.1. The molecule has 0 aromatic carbocycles. The summed E-state index contributed by atoms with van der Waals surface area (Å²) in [4.78, 5) is 11.6. The monoisotopic (exact) mass is 392 g/mol. The molecule has 158 valence electrons. The van der Waals surface area contributed by atoms with E-state index < -0.39 is 0 Å². The summed E-state index contributed by atoms with van der Waals surface area (Å²) >= 11 is 0. The summed E-state index contributed by atoms with van der Waals surface area (Å²) in [5.74, 6) is 0.103. The Hall–Kier alpha value is -1.43. The maximum atomic E-state index is 11.6. The van der Waals surface area contributed by atoms with Crippen LogP contribution < -0.4 is 0 Å². The number of allylic oxidation sites excluding steroid dienone is 1. The highest BCUT2D eigenvalue weighted by atomic mass is 16.7. The molecule has 0 bridgehead atoms. The highest BCUT2D eigenvalue weighted by Crippen LogP contribution is 2.54. The number of methoxy groups -OCH3 is 1. The van der Waals surface area contributed by atoms with Crippen molar-refractivity contribution in [2.45, 2.75) is 59.5 Å². The number of ether oxygens (including phenoxy) is 4. The summed E-state index contributed by atoms with van der Waals surface area (Å²) in [7, 11) is 1.63. The number of hydrogen-bond acceptors (Lipinski definition) is 5. The first-order valence-corrected chi connectivity index (χ1v) is 10.3. The molecule has 0 saturated heterocycles. The van der Waals surface area contributed by atoms with Gasteiger partial charge in [0.2, 0.25) is 0 Å². The van der Waals surface area contributed by atoms with Crippen LogP contribution in [0.3, 0.4) is 0 Å². The molecule has 0 spiro atoms. The highest BCUT2D eigenvalue weighted by molar-refractivity contribution is 5.81. The summed E-state index contributed by atoms with van der Waals surface area (Å²) in [6.45, 7) is 10.5. The quantitative estimate of drug-likeness (QED) is 0.179. The van der Waals surface area contributed by atoms with E-state index in [1.807, 2.05) is 13.0 Å². The number of fused-ring (bicyclic) bond motifs is 1. The van der Waals surface area contributed by atoms with Crippen molar-refractivity contribution in [1.82, 2.24) is 0 Å².